The lowest BCUT2D eigenvalue weighted by Gasteiger charge is -2.27. The van der Waals surface area contributed by atoms with Crippen LogP contribution in [0.1, 0.15) is 22.7 Å². The zero-order chi connectivity index (χ0) is 18.1. The average Bonchev–Trinajstić information content (AvgIpc) is 3.25. The zero-order valence-corrected chi connectivity index (χ0v) is 17.1. The molecule has 0 bridgehead atoms. The van der Waals surface area contributed by atoms with Crippen molar-refractivity contribution in [3.63, 3.8) is 0 Å². The molecule has 0 aliphatic carbocycles. The lowest BCUT2D eigenvalue weighted by molar-refractivity contribution is 0.415. The highest BCUT2D eigenvalue weighted by molar-refractivity contribution is 9.11. The van der Waals surface area contributed by atoms with Crippen LogP contribution in [0.2, 0.25) is 0 Å². The molecule has 2 atom stereocenters. The first-order chi connectivity index (χ1) is 12.7. The zero-order valence-electron chi connectivity index (χ0n) is 13.9. The highest BCUT2D eigenvalue weighted by Crippen LogP contribution is 2.44. The fourth-order valence-corrected chi connectivity index (χ4v) is 5.07. The second kappa shape index (κ2) is 7.34. The van der Waals surface area contributed by atoms with E-state index in [0.29, 0.717) is 5.11 Å². The molecule has 0 radical (unpaired) electrons. The van der Waals surface area contributed by atoms with Gasteiger partial charge in [0.2, 0.25) is 0 Å². The minimum atomic E-state index is -0.0274. The molecule has 1 aliphatic rings. The smallest absolute Gasteiger partial charge is 0.174 e. The summed E-state index contributed by atoms with van der Waals surface area (Å²) in [5, 5.41) is 4.14. The molecule has 132 valence electrons. The SMILES string of the molecule is COc1cccc(N2C(=S)N[C@H](c3ccccn3)[C@H]2c2ccc(Br)s2)c1. The molecular weight excluding hydrogens is 430 g/mol. The molecule has 1 aromatic carbocycles. The molecule has 7 heteroatoms. The van der Waals surface area contributed by atoms with Gasteiger partial charge < -0.3 is 15.0 Å². The topological polar surface area (TPSA) is 37.4 Å². The quantitative estimate of drug-likeness (QED) is 0.565. The van der Waals surface area contributed by atoms with Gasteiger partial charge in [-0.25, -0.2) is 0 Å². The molecule has 0 unspecified atom stereocenters. The van der Waals surface area contributed by atoms with Crippen molar-refractivity contribution in [2.75, 3.05) is 12.0 Å². The fraction of sp³-hybridized carbons (Fsp3) is 0.158. The van der Waals surface area contributed by atoms with Crippen LogP contribution in [0, 0.1) is 0 Å². The van der Waals surface area contributed by atoms with Crippen LogP contribution < -0.4 is 15.0 Å². The van der Waals surface area contributed by atoms with Crippen LogP contribution in [0.5, 0.6) is 5.75 Å². The maximum Gasteiger partial charge on any atom is 0.174 e. The second-order valence-electron chi connectivity index (χ2n) is 5.84. The highest BCUT2D eigenvalue weighted by Gasteiger charge is 2.41. The summed E-state index contributed by atoms with van der Waals surface area (Å²) in [7, 11) is 1.67. The largest absolute Gasteiger partial charge is 0.497 e. The van der Waals surface area contributed by atoms with Crippen molar-refractivity contribution >= 4 is 50.3 Å². The van der Waals surface area contributed by atoms with Crippen LogP contribution in [-0.4, -0.2) is 17.2 Å². The molecule has 4 rings (SSSR count). The van der Waals surface area contributed by atoms with Gasteiger partial charge in [-0.1, -0.05) is 12.1 Å². The van der Waals surface area contributed by atoms with E-state index in [4.69, 9.17) is 17.0 Å². The third-order valence-corrected chi connectivity index (χ3v) is 6.32. The Hall–Kier alpha value is -1.96. The number of aromatic nitrogens is 1. The number of anilines is 1. The number of nitrogens with zero attached hydrogens (tertiary/aromatic N) is 2. The molecule has 1 N–H and O–H groups in total. The van der Waals surface area contributed by atoms with Crippen LogP contribution in [0.4, 0.5) is 5.69 Å². The number of thiocarbonyl (C=S) groups is 1. The van der Waals surface area contributed by atoms with Gasteiger partial charge in [0.05, 0.1) is 28.7 Å². The fourth-order valence-electron chi connectivity index (χ4n) is 3.17. The molecule has 1 aliphatic heterocycles. The maximum absolute atomic E-state index is 5.70. The van der Waals surface area contributed by atoms with Crippen LogP contribution >= 0.6 is 39.5 Å². The summed E-state index contributed by atoms with van der Waals surface area (Å²) in [6.07, 6.45) is 1.82. The highest BCUT2D eigenvalue weighted by atomic mass is 79.9. The van der Waals surface area contributed by atoms with Crippen molar-refractivity contribution in [1.82, 2.24) is 10.3 Å². The van der Waals surface area contributed by atoms with Crippen molar-refractivity contribution in [2.45, 2.75) is 12.1 Å². The van der Waals surface area contributed by atoms with E-state index in [1.165, 1.54) is 4.88 Å². The number of thiophene rings is 1. The lowest BCUT2D eigenvalue weighted by atomic mass is 10.0. The number of pyridine rings is 1. The Bertz CT molecular complexity index is 931. The Balaban J connectivity index is 1.82. The number of hydrogen-bond donors (Lipinski definition) is 1. The van der Waals surface area contributed by atoms with Gasteiger partial charge >= 0.3 is 0 Å². The summed E-state index contributed by atoms with van der Waals surface area (Å²) >= 11 is 11.0. The molecule has 0 amide bonds. The van der Waals surface area contributed by atoms with E-state index in [1.54, 1.807) is 18.4 Å². The molecule has 3 aromatic rings. The molecule has 4 nitrogen and oxygen atoms in total. The van der Waals surface area contributed by atoms with Gasteiger partial charge in [0.1, 0.15) is 5.75 Å². The molecule has 1 saturated heterocycles. The molecule has 0 saturated carbocycles. The summed E-state index contributed by atoms with van der Waals surface area (Å²) in [5.74, 6) is 0.803. The second-order valence-corrected chi connectivity index (χ2v) is 8.72. The van der Waals surface area contributed by atoms with Crippen LogP contribution in [-0.2, 0) is 0 Å². The third kappa shape index (κ3) is 3.22. The van der Waals surface area contributed by atoms with Gasteiger partial charge in [0, 0.05) is 22.8 Å². The van der Waals surface area contributed by atoms with E-state index < -0.39 is 0 Å². The molecule has 2 aromatic heterocycles. The van der Waals surface area contributed by atoms with Gasteiger partial charge in [-0.2, -0.15) is 0 Å². The Labute approximate surface area is 170 Å². The summed E-state index contributed by atoms with van der Waals surface area (Å²) in [6.45, 7) is 0. The van der Waals surface area contributed by atoms with Crippen LogP contribution in [0.15, 0.2) is 64.6 Å². The van der Waals surface area contributed by atoms with E-state index in [9.17, 15) is 0 Å². The van der Waals surface area contributed by atoms with Gasteiger partial charge in [-0.05, 0) is 64.5 Å². The number of hydrogen-bond acceptors (Lipinski definition) is 4. The minimum Gasteiger partial charge on any atom is -0.497 e. The summed E-state index contributed by atoms with van der Waals surface area (Å²) in [6, 6.07) is 18.1. The summed E-state index contributed by atoms with van der Waals surface area (Å²) in [5.41, 5.74) is 1.96. The normalized spacial score (nSPS) is 19.5. The first-order valence-corrected chi connectivity index (χ1v) is 10.1. The average molecular weight is 446 g/mol. The predicted octanol–water partition coefficient (Wildman–Crippen LogP) is 5.09. The molecule has 3 heterocycles. The van der Waals surface area contributed by atoms with E-state index >= 15 is 0 Å². The van der Waals surface area contributed by atoms with Crippen molar-refractivity contribution in [2.24, 2.45) is 0 Å². The standard InChI is InChI=1S/C19H16BrN3OS2/c1-24-13-6-4-5-12(11-13)23-18(15-8-9-16(20)26-15)17(22-19(23)25)14-7-2-3-10-21-14/h2-11,17-18H,1H3,(H,22,25)/t17-,18-/m1/s1. The van der Waals surface area contributed by atoms with Gasteiger partial charge in [0.15, 0.2) is 5.11 Å². The lowest BCUT2D eigenvalue weighted by Crippen LogP contribution is -2.29. The van der Waals surface area contributed by atoms with Crippen LogP contribution in [0.3, 0.4) is 0 Å². The van der Waals surface area contributed by atoms with E-state index in [-0.39, 0.29) is 12.1 Å². The molecular formula is C19H16BrN3OS2. The van der Waals surface area contributed by atoms with E-state index in [2.05, 4.69) is 43.3 Å². The van der Waals surface area contributed by atoms with E-state index in [1.807, 2.05) is 48.7 Å². The van der Waals surface area contributed by atoms with E-state index in [0.717, 1.165) is 20.9 Å². The number of ether oxygens (including phenoxy) is 1. The maximum atomic E-state index is 5.70. The van der Waals surface area contributed by atoms with Gasteiger partial charge in [-0.15, -0.1) is 11.3 Å². The Morgan fingerprint density at radius 3 is 2.77 bits per heavy atom. The Morgan fingerprint density at radius 1 is 1.19 bits per heavy atom. The molecule has 1 fully saturated rings. The van der Waals surface area contributed by atoms with Gasteiger partial charge in [0.25, 0.3) is 0 Å². The third-order valence-electron chi connectivity index (χ3n) is 4.32. The number of methoxy groups -OCH3 is 1. The number of nitrogens with one attached hydrogen (secondary N) is 1. The Kier molecular flexibility index (Phi) is 4.93. The number of benzene rings is 1. The van der Waals surface area contributed by atoms with Crippen molar-refractivity contribution < 1.29 is 4.74 Å². The van der Waals surface area contributed by atoms with Crippen molar-refractivity contribution in [3.8, 4) is 5.75 Å². The molecule has 0 spiro atoms. The Morgan fingerprint density at radius 2 is 2.08 bits per heavy atom. The number of halogens is 1. The summed E-state index contributed by atoms with van der Waals surface area (Å²) in [4.78, 5) is 7.92. The minimum absolute atomic E-state index is 0.0146. The molecule has 26 heavy (non-hydrogen) atoms. The summed E-state index contributed by atoms with van der Waals surface area (Å²) < 4.78 is 6.49. The number of rotatable bonds is 4. The van der Waals surface area contributed by atoms with Crippen LogP contribution in [0.25, 0.3) is 0 Å². The van der Waals surface area contributed by atoms with Gasteiger partial charge in [-0.3, -0.25) is 4.98 Å². The van der Waals surface area contributed by atoms with Crippen molar-refractivity contribution in [1.29, 1.82) is 0 Å². The predicted molar refractivity (Wildman–Crippen MR) is 113 cm³/mol. The monoisotopic (exact) mass is 445 g/mol. The van der Waals surface area contributed by atoms with Crippen molar-refractivity contribution in [3.05, 3.63) is 75.2 Å². The first kappa shape index (κ1) is 17.5. The first-order valence-electron chi connectivity index (χ1n) is 8.07.